The molecule has 2 aromatic rings. The summed E-state index contributed by atoms with van der Waals surface area (Å²) in [5, 5.41) is 5.42. The molecule has 2 rings (SSSR count). The largest absolute Gasteiger partial charge is 0.316 e. The number of nitrogens with one attached hydrogen (secondary N) is 1. The third kappa shape index (κ3) is 3.90. The smallest absolute Gasteiger partial charge is 0.123 e. The first kappa shape index (κ1) is 13.7. The number of thiophene rings is 1. The number of halogens is 2. The van der Waals surface area contributed by atoms with Crippen molar-refractivity contribution in [2.45, 2.75) is 18.9 Å². The third-order valence-electron chi connectivity index (χ3n) is 2.87. The molecule has 0 aliphatic rings. The molecule has 0 bridgehead atoms. The summed E-state index contributed by atoms with van der Waals surface area (Å²) in [5.41, 5.74) is 1.16. The van der Waals surface area contributed by atoms with Gasteiger partial charge in [0.05, 0.1) is 0 Å². The lowest BCUT2D eigenvalue weighted by Gasteiger charge is -2.15. The van der Waals surface area contributed by atoms with Gasteiger partial charge < -0.3 is 5.32 Å². The van der Waals surface area contributed by atoms with Crippen LogP contribution in [0.5, 0.6) is 0 Å². The Morgan fingerprint density at radius 3 is 2.56 bits per heavy atom. The summed E-state index contributed by atoms with van der Waals surface area (Å²) >= 11 is 5.23. The maximum Gasteiger partial charge on any atom is 0.123 e. The van der Waals surface area contributed by atoms with Crippen LogP contribution in [0.1, 0.15) is 10.4 Å². The van der Waals surface area contributed by atoms with Crippen LogP contribution in [0.2, 0.25) is 0 Å². The molecular weight excluding hydrogens is 313 g/mol. The number of likely N-dealkylation sites (N-methyl/N-ethyl adjacent to an activating group) is 1. The zero-order valence-corrected chi connectivity index (χ0v) is 12.5. The van der Waals surface area contributed by atoms with Crippen LogP contribution in [0.3, 0.4) is 0 Å². The molecule has 0 amide bonds. The normalized spacial score (nSPS) is 12.6. The highest BCUT2D eigenvalue weighted by molar-refractivity contribution is 9.10. The lowest BCUT2D eigenvalue weighted by atomic mass is 10.0. The van der Waals surface area contributed by atoms with Crippen LogP contribution >= 0.6 is 27.3 Å². The first-order valence-electron chi connectivity index (χ1n) is 5.82. The molecule has 1 aromatic heterocycles. The molecule has 0 fully saturated rings. The van der Waals surface area contributed by atoms with Crippen LogP contribution in [-0.2, 0) is 12.8 Å². The van der Waals surface area contributed by atoms with Gasteiger partial charge in [-0.25, -0.2) is 4.39 Å². The van der Waals surface area contributed by atoms with Crippen LogP contribution in [0.4, 0.5) is 4.39 Å². The van der Waals surface area contributed by atoms with Crippen LogP contribution in [-0.4, -0.2) is 13.1 Å². The van der Waals surface area contributed by atoms with Gasteiger partial charge in [-0.3, -0.25) is 0 Å². The molecule has 1 N–H and O–H groups in total. The van der Waals surface area contributed by atoms with Crippen molar-refractivity contribution in [2.75, 3.05) is 7.05 Å². The Morgan fingerprint density at radius 1 is 1.28 bits per heavy atom. The summed E-state index contributed by atoms with van der Waals surface area (Å²) in [4.78, 5) is 1.35. The predicted octanol–water partition coefficient (Wildman–Crippen LogP) is 4.02. The van der Waals surface area contributed by atoms with Gasteiger partial charge in [0.2, 0.25) is 0 Å². The van der Waals surface area contributed by atoms with Gasteiger partial charge in [-0.15, -0.1) is 11.3 Å². The minimum atomic E-state index is -0.179. The molecule has 0 saturated carbocycles. The predicted molar refractivity (Wildman–Crippen MR) is 78.7 cm³/mol. The van der Waals surface area contributed by atoms with E-state index in [1.54, 1.807) is 11.3 Å². The second-order valence-electron chi connectivity index (χ2n) is 4.25. The number of hydrogen-bond acceptors (Lipinski definition) is 2. The van der Waals surface area contributed by atoms with E-state index in [-0.39, 0.29) is 5.82 Å². The van der Waals surface area contributed by atoms with Crippen molar-refractivity contribution in [3.8, 4) is 0 Å². The van der Waals surface area contributed by atoms with Gasteiger partial charge in [0, 0.05) is 20.8 Å². The minimum absolute atomic E-state index is 0.179. The van der Waals surface area contributed by atoms with Crippen molar-refractivity contribution in [1.82, 2.24) is 5.32 Å². The van der Waals surface area contributed by atoms with Crippen molar-refractivity contribution in [2.24, 2.45) is 0 Å². The molecule has 0 aliphatic heterocycles. The van der Waals surface area contributed by atoms with Crippen molar-refractivity contribution >= 4 is 27.3 Å². The number of rotatable bonds is 5. The highest BCUT2D eigenvalue weighted by Crippen LogP contribution is 2.21. The van der Waals surface area contributed by atoms with Gasteiger partial charge in [0.15, 0.2) is 0 Å². The molecule has 1 aromatic carbocycles. The summed E-state index contributed by atoms with van der Waals surface area (Å²) in [5.74, 6) is -0.179. The molecule has 96 valence electrons. The van der Waals surface area contributed by atoms with Crippen molar-refractivity contribution in [3.05, 3.63) is 56.4 Å². The van der Waals surface area contributed by atoms with Crippen molar-refractivity contribution < 1.29 is 4.39 Å². The molecular formula is C14H15BrFNS. The summed E-state index contributed by atoms with van der Waals surface area (Å²) in [6.45, 7) is 0. The summed E-state index contributed by atoms with van der Waals surface area (Å²) in [6.07, 6.45) is 1.90. The molecule has 4 heteroatoms. The topological polar surface area (TPSA) is 12.0 Å². The van der Waals surface area contributed by atoms with Gasteiger partial charge >= 0.3 is 0 Å². The maximum absolute atomic E-state index is 12.8. The zero-order valence-electron chi connectivity index (χ0n) is 10.1. The molecule has 0 aliphatic carbocycles. The Hall–Kier alpha value is -0.710. The fourth-order valence-corrected chi connectivity index (χ4v) is 3.42. The van der Waals surface area contributed by atoms with E-state index >= 15 is 0 Å². The van der Waals surface area contributed by atoms with Crippen molar-refractivity contribution in [1.29, 1.82) is 0 Å². The fourth-order valence-electron chi connectivity index (χ4n) is 1.89. The SMILES string of the molecule is CNC(Cc1ccc(F)cc1)Cc1cc(Br)cs1. The van der Waals surface area contributed by atoms with Gasteiger partial charge in [-0.2, -0.15) is 0 Å². The van der Waals surface area contributed by atoms with Crippen LogP contribution in [0.25, 0.3) is 0 Å². The van der Waals surface area contributed by atoms with Gasteiger partial charge in [-0.05, 0) is 59.6 Å². The Kier molecular flexibility index (Phi) is 4.92. The van der Waals surface area contributed by atoms with E-state index in [1.165, 1.54) is 17.0 Å². The minimum Gasteiger partial charge on any atom is -0.316 e. The number of hydrogen-bond donors (Lipinski definition) is 1. The molecule has 0 radical (unpaired) electrons. The van der Waals surface area contributed by atoms with E-state index in [2.05, 4.69) is 32.7 Å². The van der Waals surface area contributed by atoms with Crippen LogP contribution < -0.4 is 5.32 Å². The summed E-state index contributed by atoms with van der Waals surface area (Å²) in [7, 11) is 1.97. The first-order chi connectivity index (χ1) is 8.67. The van der Waals surface area contributed by atoms with E-state index in [0.29, 0.717) is 6.04 Å². The second-order valence-corrected chi connectivity index (χ2v) is 6.16. The van der Waals surface area contributed by atoms with Gasteiger partial charge in [0.1, 0.15) is 5.82 Å². The van der Waals surface area contributed by atoms with E-state index in [0.717, 1.165) is 22.9 Å². The molecule has 1 nitrogen and oxygen atoms in total. The van der Waals surface area contributed by atoms with Crippen molar-refractivity contribution in [3.63, 3.8) is 0 Å². The van der Waals surface area contributed by atoms with E-state index in [9.17, 15) is 4.39 Å². The molecule has 1 atom stereocenters. The third-order valence-corrected chi connectivity index (χ3v) is 4.59. The lowest BCUT2D eigenvalue weighted by molar-refractivity contribution is 0.559. The Bertz CT molecular complexity index is 495. The van der Waals surface area contributed by atoms with E-state index in [4.69, 9.17) is 0 Å². The Labute approximate surface area is 119 Å². The maximum atomic E-state index is 12.8. The average Bonchev–Trinajstić information content (AvgIpc) is 2.77. The van der Waals surface area contributed by atoms with Crippen LogP contribution in [0, 0.1) is 5.82 Å². The Balaban J connectivity index is 1.99. The Morgan fingerprint density at radius 2 is 2.00 bits per heavy atom. The summed E-state index contributed by atoms with van der Waals surface area (Å²) in [6, 6.07) is 9.27. The standard InChI is InChI=1S/C14H15BrFNS/c1-17-13(8-14-7-11(15)9-18-14)6-10-2-4-12(16)5-3-10/h2-5,7,9,13,17H,6,8H2,1H3. The van der Waals surface area contributed by atoms with Gasteiger partial charge in [0.25, 0.3) is 0 Å². The molecule has 1 heterocycles. The van der Waals surface area contributed by atoms with E-state index in [1.807, 2.05) is 19.2 Å². The monoisotopic (exact) mass is 327 g/mol. The van der Waals surface area contributed by atoms with E-state index < -0.39 is 0 Å². The average molecular weight is 328 g/mol. The van der Waals surface area contributed by atoms with Crippen LogP contribution in [0.15, 0.2) is 40.2 Å². The quantitative estimate of drug-likeness (QED) is 0.874. The molecule has 1 unspecified atom stereocenters. The highest BCUT2D eigenvalue weighted by atomic mass is 79.9. The van der Waals surface area contributed by atoms with Gasteiger partial charge in [-0.1, -0.05) is 12.1 Å². The molecule has 0 saturated heterocycles. The molecule has 18 heavy (non-hydrogen) atoms. The first-order valence-corrected chi connectivity index (χ1v) is 7.49. The zero-order chi connectivity index (χ0) is 13.0. The lowest BCUT2D eigenvalue weighted by Crippen LogP contribution is -2.29. The fraction of sp³-hybridized carbons (Fsp3) is 0.286. The highest BCUT2D eigenvalue weighted by Gasteiger charge is 2.10. The molecule has 0 spiro atoms. The second kappa shape index (κ2) is 6.45. The number of benzene rings is 1. The summed E-state index contributed by atoms with van der Waals surface area (Å²) < 4.78 is 14.0.